The first kappa shape index (κ1) is 30.7. The molecule has 1 aliphatic rings. The second kappa shape index (κ2) is 9.99. The summed E-state index contributed by atoms with van der Waals surface area (Å²) in [6.07, 6.45) is -11.1. The molecule has 38 heavy (non-hydrogen) atoms. The summed E-state index contributed by atoms with van der Waals surface area (Å²) < 4.78 is 125. The Balaban J connectivity index is 2.21. The monoisotopic (exact) mass is 589 g/mol. The molecule has 1 aromatic carbocycles. The predicted molar refractivity (Wildman–Crippen MR) is 111 cm³/mol. The minimum Gasteiger partial charge on any atom is -0.475 e. The Kier molecular flexibility index (Phi) is 8.07. The number of halogens is 8. The molecule has 2 rings (SSSR count). The van der Waals surface area contributed by atoms with Gasteiger partial charge in [0.05, 0.1) is 12.2 Å². The summed E-state index contributed by atoms with van der Waals surface area (Å²) in [5, 5.41) is 9.07. The third kappa shape index (κ3) is 8.25. The fourth-order valence-electron chi connectivity index (χ4n) is 3.02. The van der Waals surface area contributed by atoms with Gasteiger partial charge in [-0.15, -0.1) is 10.1 Å². The van der Waals surface area contributed by atoms with Gasteiger partial charge in [-0.1, -0.05) is 26.4 Å². The molecule has 216 valence electrons. The van der Waals surface area contributed by atoms with E-state index in [4.69, 9.17) is 4.74 Å². The molecular formula is C19H19F8NO9S. The number of rotatable bonds is 10. The molecule has 1 aliphatic heterocycles. The van der Waals surface area contributed by atoms with Crippen molar-refractivity contribution in [3.63, 3.8) is 0 Å². The SMILES string of the molecule is CCc1cc(S(F)(F)(F)(F)F)cc2c1O[C@H](C(F)(F)F)C(C(=O)OCOC(=O)OCCC(C)O[N+](=O)[O-])=C2. The smallest absolute Gasteiger partial charge is 0.475 e. The lowest BCUT2D eigenvalue weighted by atomic mass is 9.98. The summed E-state index contributed by atoms with van der Waals surface area (Å²) in [5.74, 6) is -2.64. The van der Waals surface area contributed by atoms with Crippen LogP contribution in [-0.2, 0) is 30.3 Å². The molecule has 0 N–H and O–H groups in total. The van der Waals surface area contributed by atoms with Crippen molar-refractivity contribution in [1.82, 2.24) is 0 Å². The third-order valence-corrected chi connectivity index (χ3v) is 5.86. The van der Waals surface area contributed by atoms with Crippen LogP contribution in [-0.4, -0.2) is 49.0 Å². The van der Waals surface area contributed by atoms with Crippen molar-refractivity contribution in [3.8, 4) is 5.75 Å². The van der Waals surface area contributed by atoms with E-state index < -0.39 is 93.0 Å². The van der Waals surface area contributed by atoms with Crippen LogP contribution in [0.15, 0.2) is 22.6 Å². The van der Waals surface area contributed by atoms with E-state index in [0.29, 0.717) is 0 Å². The number of esters is 1. The number of ether oxygens (including phenoxy) is 4. The first-order valence-corrected chi connectivity index (χ1v) is 12.2. The highest BCUT2D eigenvalue weighted by Crippen LogP contribution is 3.02. The zero-order valence-electron chi connectivity index (χ0n) is 19.3. The van der Waals surface area contributed by atoms with E-state index in [1.165, 1.54) is 13.8 Å². The Hall–Kier alpha value is -3.51. The van der Waals surface area contributed by atoms with Crippen LogP contribution in [0.4, 0.5) is 37.4 Å². The van der Waals surface area contributed by atoms with Gasteiger partial charge in [-0.3, -0.25) is 0 Å². The average Bonchev–Trinajstić information content (AvgIpc) is 2.74. The van der Waals surface area contributed by atoms with Crippen LogP contribution in [0.3, 0.4) is 0 Å². The maximum Gasteiger partial charge on any atom is 0.511 e. The van der Waals surface area contributed by atoms with Crippen LogP contribution in [0.5, 0.6) is 5.75 Å². The fourth-order valence-corrected chi connectivity index (χ4v) is 3.73. The maximum atomic E-state index is 13.6. The van der Waals surface area contributed by atoms with E-state index in [0.717, 1.165) is 0 Å². The van der Waals surface area contributed by atoms with E-state index in [1.54, 1.807) is 0 Å². The molecular weight excluding hydrogens is 570 g/mol. The number of aryl methyl sites for hydroxylation is 1. The van der Waals surface area contributed by atoms with Gasteiger partial charge in [-0.05, 0) is 37.1 Å². The van der Waals surface area contributed by atoms with Gasteiger partial charge in [0.2, 0.25) is 12.9 Å². The summed E-state index contributed by atoms with van der Waals surface area (Å²) in [6, 6.07) is -0.165. The lowest BCUT2D eigenvalue weighted by molar-refractivity contribution is -0.767. The number of carbonyl (C=O) groups excluding carboxylic acids is 2. The number of hydrogen-bond acceptors (Lipinski definition) is 9. The average molecular weight is 589 g/mol. The molecule has 0 fully saturated rings. The van der Waals surface area contributed by atoms with E-state index >= 15 is 0 Å². The van der Waals surface area contributed by atoms with Crippen molar-refractivity contribution in [2.75, 3.05) is 13.4 Å². The van der Waals surface area contributed by atoms with Gasteiger partial charge in [0.25, 0.3) is 5.09 Å². The van der Waals surface area contributed by atoms with Crippen molar-refractivity contribution in [2.45, 2.75) is 50.0 Å². The van der Waals surface area contributed by atoms with Crippen LogP contribution >= 0.6 is 10.2 Å². The molecule has 0 saturated heterocycles. The van der Waals surface area contributed by atoms with Crippen molar-refractivity contribution in [1.29, 1.82) is 0 Å². The van der Waals surface area contributed by atoms with Gasteiger partial charge in [-0.25, -0.2) is 9.59 Å². The van der Waals surface area contributed by atoms with E-state index in [1.807, 2.05) is 0 Å². The summed E-state index contributed by atoms with van der Waals surface area (Å²) >= 11 is 0. The summed E-state index contributed by atoms with van der Waals surface area (Å²) in [6.45, 7) is 0.690. The summed E-state index contributed by atoms with van der Waals surface area (Å²) in [4.78, 5) is 35.6. The Morgan fingerprint density at radius 2 is 1.76 bits per heavy atom. The zero-order valence-corrected chi connectivity index (χ0v) is 20.1. The van der Waals surface area contributed by atoms with E-state index in [2.05, 4.69) is 19.0 Å². The largest absolute Gasteiger partial charge is 0.511 e. The number of hydrogen-bond donors (Lipinski definition) is 0. The van der Waals surface area contributed by atoms with Crippen molar-refractivity contribution < 1.29 is 71.1 Å². The van der Waals surface area contributed by atoms with Crippen LogP contribution in [0, 0.1) is 10.1 Å². The van der Waals surface area contributed by atoms with Gasteiger partial charge in [0, 0.05) is 12.0 Å². The van der Waals surface area contributed by atoms with E-state index in [-0.39, 0.29) is 24.6 Å². The van der Waals surface area contributed by atoms with Gasteiger partial charge in [0.15, 0.2) is 0 Å². The minimum absolute atomic E-state index is 0.0191. The van der Waals surface area contributed by atoms with Gasteiger partial charge in [0.1, 0.15) is 16.7 Å². The van der Waals surface area contributed by atoms with Crippen LogP contribution in [0.1, 0.15) is 31.4 Å². The van der Waals surface area contributed by atoms with Crippen molar-refractivity contribution in [2.24, 2.45) is 0 Å². The first-order chi connectivity index (χ1) is 17.1. The minimum atomic E-state index is -10.3. The first-order valence-electron chi connectivity index (χ1n) is 10.3. The molecule has 1 heterocycles. The third-order valence-electron chi connectivity index (χ3n) is 4.73. The van der Waals surface area contributed by atoms with Crippen LogP contribution < -0.4 is 4.74 Å². The number of nitrogens with zero attached hydrogens (tertiary/aromatic N) is 1. The number of fused-ring (bicyclic) bond motifs is 1. The number of carbonyl (C=O) groups is 2. The van der Waals surface area contributed by atoms with Gasteiger partial charge < -0.3 is 23.8 Å². The molecule has 19 heteroatoms. The Labute approximate surface area is 208 Å². The van der Waals surface area contributed by atoms with Gasteiger partial charge in [-0.2, -0.15) is 13.2 Å². The molecule has 0 aromatic heterocycles. The molecule has 0 spiro atoms. The lowest BCUT2D eigenvalue weighted by Gasteiger charge is -2.41. The molecule has 1 aromatic rings. The maximum absolute atomic E-state index is 13.6. The second-order valence-electron chi connectivity index (χ2n) is 7.68. The molecule has 0 saturated carbocycles. The highest BCUT2D eigenvalue weighted by atomic mass is 32.5. The summed E-state index contributed by atoms with van der Waals surface area (Å²) in [5.41, 5.74) is -2.91. The molecule has 0 amide bonds. The zero-order chi connectivity index (χ0) is 29.2. The van der Waals surface area contributed by atoms with Gasteiger partial charge >= 0.3 is 28.5 Å². The molecule has 0 aliphatic carbocycles. The quantitative estimate of drug-likeness (QED) is 0.102. The molecule has 0 bridgehead atoms. The Morgan fingerprint density at radius 3 is 2.29 bits per heavy atom. The highest BCUT2D eigenvalue weighted by Gasteiger charge is 2.66. The summed E-state index contributed by atoms with van der Waals surface area (Å²) in [7, 11) is -10.3. The van der Waals surface area contributed by atoms with E-state index in [9.17, 15) is 52.3 Å². The topological polar surface area (TPSA) is 123 Å². The Bertz CT molecular complexity index is 1140. The normalized spacial score (nSPS) is 17.9. The molecule has 10 nitrogen and oxygen atoms in total. The molecule has 2 atom stereocenters. The van der Waals surface area contributed by atoms with Crippen molar-refractivity contribution >= 4 is 28.4 Å². The Morgan fingerprint density at radius 1 is 1.13 bits per heavy atom. The number of benzene rings is 1. The molecule has 0 radical (unpaired) electrons. The fraction of sp³-hybridized carbons (Fsp3) is 0.474. The van der Waals surface area contributed by atoms with Crippen LogP contribution in [0.25, 0.3) is 6.08 Å². The highest BCUT2D eigenvalue weighted by molar-refractivity contribution is 8.45. The second-order valence-corrected chi connectivity index (χ2v) is 10.1. The number of alkyl halides is 3. The lowest BCUT2D eigenvalue weighted by Crippen LogP contribution is -2.41. The van der Waals surface area contributed by atoms with Crippen LogP contribution in [0.2, 0.25) is 0 Å². The standard InChI is InChI=1S/C19H19F8NO9S/c1-3-11-6-13(38(23,24,25,26)27)7-12-8-14(16(19(20,21)22)36-15(11)12)17(29)34-9-35-18(30)33-5-4-10(2)37-28(31)32/h6-8,10,16H,3-5,9H2,1-2H3/t10?,16-/m0/s1. The predicted octanol–water partition coefficient (Wildman–Crippen LogP) is 6.25. The van der Waals surface area contributed by atoms with Crippen molar-refractivity contribution in [3.05, 3.63) is 38.9 Å². The molecule has 1 unspecified atom stereocenters.